The predicted octanol–water partition coefficient (Wildman–Crippen LogP) is 16.1. The van der Waals surface area contributed by atoms with Crippen LogP contribution < -0.4 is 20.7 Å². The zero-order chi connectivity index (χ0) is 47.7. The molecule has 10 aromatic carbocycles. The third kappa shape index (κ3) is 5.35. The van der Waals surface area contributed by atoms with Crippen LogP contribution in [0.3, 0.4) is 0 Å². The number of anilines is 6. The number of aromatic nitrogens is 1. The molecule has 3 aliphatic heterocycles. The summed E-state index contributed by atoms with van der Waals surface area (Å²) in [6.07, 6.45) is 0. The molecule has 4 heterocycles. The first-order chi connectivity index (χ1) is 34.5. The largest absolute Gasteiger partial charge is 0.375 e. The topological polar surface area (TPSA) is 11.4 Å². The minimum absolute atomic E-state index is 0.0240. The molecule has 1 aromatic heterocycles. The van der Waals surface area contributed by atoms with Crippen molar-refractivity contribution in [1.82, 2.24) is 4.48 Å². The van der Waals surface area contributed by atoms with Gasteiger partial charge in [0.1, 0.15) is 0 Å². The molecule has 0 atom stereocenters. The number of rotatable bonds is 3. The molecular weight excluding hydrogens is 858 g/mol. The third-order valence-electron chi connectivity index (χ3n) is 16.6. The quantitative estimate of drug-likeness (QED) is 0.164. The normalized spacial score (nSPS) is 14.4. The fourth-order valence-electron chi connectivity index (χ4n) is 13.5. The highest BCUT2D eigenvalue weighted by Gasteiger charge is 2.55. The molecule has 15 rings (SSSR count). The summed E-state index contributed by atoms with van der Waals surface area (Å²) in [5.41, 5.74) is 25.0. The molecule has 11 aromatic rings. The van der Waals surface area contributed by atoms with E-state index in [4.69, 9.17) is 0 Å². The molecule has 338 valence electrons. The fourth-order valence-corrected chi connectivity index (χ4v) is 13.5. The highest BCUT2D eigenvalue weighted by atomic mass is 15.2. The Balaban J connectivity index is 1.09. The van der Waals surface area contributed by atoms with E-state index in [9.17, 15) is 0 Å². The highest BCUT2D eigenvalue weighted by Crippen LogP contribution is 2.64. The first-order valence-corrected chi connectivity index (χ1v) is 25.4. The smallest absolute Gasteiger partial charge is 0.333 e. The summed E-state index contributed by atoms with van der Waals surface area (Å²) >= 11 is 0. The van der Waals surface area contributed by atoms with Crippen LogP contribution in [0.4, 0.5) is 34.1 Å². The Kier molecular flexibility index (Phi) is 8.07. The Labute approximate surface area is 416 Å². The van der Waals surface area contributed by atoms with Crippen molar-refractivity contribution in [2.45, 2.75) is 57.8 Å². The van der Waals surface area contributed by atoms with Gasteiger partial charge in [0.2, 0.25) is 0 Å². The summed E-state index contributed by atoms with van der Waals surface area (Å²) in [5, 5.41) is 5.11. The van der Waals surface area contributed by atoms with E-state index in [1.807, 2.05) is 0 Å². The third-order valence-corrected chi connectivity index (χ3v) is 16.6. The number of hydrogen-bond acceptors (Lipinski definition) is 2. The van der Waals surface area contributed by atoms with E-state index < -0.39 is 5.41 Å². The van der Waals surface area contributed by atoms with Crippen LogP contribution in [-0.2, 0) is 16.2 Å². The van der Waals surface area contributed by atoms with E-state index in [-0.39, 0.29) is 17.7 Å². The van der Waals surface area contributed by atoms with Crippen molar-refractivity contribution in [3.8, 4) is 22.3 Å². The molecular formula is C67H52BN3. The summed E-state index contributed by atoms with van der Waals surface area (Å²) in [6, 6.07) is 79.4. The number of para-hydroxylation sites is 3. The van der Waals surface area contributed by atoms with Crippen molar-refractivity contribution in [2.24, 2.45) is 0 Å². The SMILES string of the molecule is CC(C)(C)c1ccc(N(c2ccc(C(C)(C)C)cc2)c2cc3c4c(c2)N2c5ccccc5C5(c6ccccc6-c6ccccc65)c5cccc(c52)B4n2c4cc5ccccc5cc4c4cccc-3c42)cc1. The zero-order valence-corrected chi connectivity index (χ0v) is 41.0. The van der Waals surface area contributed by atoms with Crippen LogP contribution in [0.1, 0.15) is 74.9 Å². The van der Waals surface area contributed by atoms with Crippen molar-refractivity contribution < 1.29 is 0 Å². The summed E-state index contributed by atoms with van der Waals surface area (Å²) in [7, 11) is 0. The van der Waals surface area contributed by atoms with Gasteiger partial charge in [0.05, 0.1) is 11.1 Å². The van der Waals surface area contributed by atoms with E-state index in [0.717, 1.165) is 17.1 Å². The van der Waals surface area contributed by atoms with Crippen LogP contribution >= 0.6 is 0 Å². The molecule has 0 N–H and O–H groups in total. The Hall–Kier alpha value is -8.08. The number of fused-ring (bicyclic) bond motifs is 17. The van der Waals surface area contributed by atoms with E-state index in [1.165, 1.54) is 116 Å². The van der Waals surface area contributed by atoms with Crippen LogP contribution in [0.5, 0.6) is 0 Å². The van der Waals surface area contributed by atoms with Crippen LogP contribution in [0, 0.1) is 0 Å². The van der Waals surface area contributed by atoms with Crippen LogP contribution in [0.2, 0.25) is 0 Å². The van der Waals surface area contributed by atoms with E-state index in [2.05, 4.69) is 262 Å². The molecule has 0 amide bonds. The molecule has 0 radical (unpaired) electrons. The van der Waals surface area contributed by atoms with Gasteiger partial charge < -0.3 is 14.3 Å². The van der Waals surface area contributed by atoms with Gasteiger partial charge in [-0.1, -0.05) is 193 Å². The maximum atomic E-state index is 2.73. The van der Waals surface area contributed by atoms with Crippen molar-refractivity contribution in [1.29, 1.82) is 0 Å². The Bertz CT molecular complexity index is 3980. The summed E-state index contributed by atoms with van der Waals surface area (Å²) < 4.78 is 2.73. The Morgan fingerprint density at radius 2 is 0.972 bits per heavy atom. The molecule has 71 heavy (non-hydrogen) atoms. The Morgan fingerprint density at radius 1 is 0.423 bits per heavy atom. The standard InChI is InChI=1S/C67H52BN3/c1-65(2,3)43-29-33-45(34-30-43)69(46-35-31-44(32-36-46)66(4,5)6)47-39-53-51-22-15-21-50-52-37-41-17-7-8-18-42(41)38-60(52)71(63(50)51)68-58-27-16-26-57-64(58)70(61(40-47)62(53)68)59-28-14-13-25-56(59)67(57)54-23-11-9-19-48(54)49-20-10-12-24-55(49)67/h7-40H,1-6H3. The van der Waals surface area contributed by atoms with Gasteiger partial charge in [-0.3, -0.25) is 0 Å². The first-order valence-electron chi connectivity index (χ1n) is 25.4. The van der Waals surface area contributed by atoms with Gasteiger partial charge in [0.25, 0.3) is 0 Å². The Morgan fingerprint density at radius 3 is 1.62 bits per heavy atom. The maximum absolute atomic E-state index is 2.73. The highest BCUT2D eigenvalue weighted by molar-refractivity contribution is 6.90. The average Bonchev–Trinajstić information content (AvgIpc) is 3.87. The monoisotopic (exact) mass is 909 g/mol. The van der Waals surface area contributed by atoms with E-state index >= 15 is 0 Å². The second kappa shape index (κ2) is 14.0. The first kappa shape index (κ1) is 40.8. The number of benzene rings is 10. The van der Waals surface area contributed by atoms with Gasteiger partial charge >= 0.3 is 6.85 Å². The van der Waals surface area contributed by atoms with Crippen molar-refractivity contribution in [3.05, 3.63) is 240 Å². The molecule has 4 aliphatic rings. The molecule has 4 heteroatoms. The number of hydrogen-bond donors (Lipinski definition) is 0. The second-order valence-electron chi connectivity index (χ2n) is 22.5. The molecule has 0 saturated carbocycles. The molecule has 3 nitrogen and oxygen atoms in total. The van der Waals surface area contributed by atoms with Crippen molar-refractivity contribution in [2.75, 3.05) is 9.80 Å². The maximum Gasteiger partial charge on any atom is 0.333 e. The molecule has 0 bridgehead atoms. The van der Waals surface area contributed by atoms with Gasteiger partial charge in [-0.05, 0) is 137 Å². The molecule has 1 aliphatic carbocycles. The number of nitrogens with zero attached hydrogens (tertiary/aromatic N) is 3. The van der Waals surface area contributed by atoms with E-state index in [1.54, 1.807) is 0 Å². The lowest BCUT2D eigenvalue weighted by Crippen LogP contribution is -2.58. The molecule has 0 saturated heterocycles. The molecule has 1 spiro atoms. The van der Waals surface area contributed by atoms with Crippen LogP contribution in [0.25, 0.3) is 54.8 Å². The van der Waals surface area contributed by atoms with Gasteiger partial charge in [-0.15, -0.1) is 0 Å². The predicted molar refractivity (Wildman–Crippen MR) is 300 cm³/mol. The van der Waals surface area contributed by atoms with Gasteiger partial charge in [-0.2, -0.15) is 0 Å². The minimum Gasteiger partial charge on any atom is -0.375 e. The van der Waals surface area contributed by atoms with E-state index in [0.29, 0.717) is 0 Å². The van der Waals surface area contributed by atoms with Gasteiger partial charge in [-0.25, -0.2) is 0 Å². The lowest BCUT2D eigenvalue weighted by molar-refractivity contribution is 0.590. The minimum atomic E-state index is -0.532. The zero-order valence-electron chi connectivity index (χ0n) is 41.0. The van der Waals surface area contributed by atoms with Gasteiger partial charge in [0.15, 0.2) is 0 Å². The van der Waals surface area contributed by atoms with Crippen molar-refractivity contribution in [3.63, 3.8) is 0 Å². The summed E-state index contributed by atoms with van der Waals surface area (Å²) in [6.45, 7) is 13.7. The second-order valence-corrected chi connectivity index (χ2v) is 22.5. The van der Waals surface area contributed by atoms with Gasteiger partial charge in [0, 0.05) is 55.8 Å². The van der Waals surface area contributed by atoms with Crippen molar-refractivity contribution >= 4 is 84.5 Å². The summed E-state index contributed by atoms with van der Waals surface area (Å²) in [4.78, 5) is 5.17. The van der Waals surface area contributed by atoms with Crippen LogP contribution in [-0.4, -0.2) is 11.3 Å². The summed E-state index contributed by atoms with van der Waals surface area (Å²) in [5.74, 6) is 0. The molecule has 0 unspecified atom stereocenters. The lowest BCUT2D eigenvalue weighted by atomic mass is 9.44. The molecule has 0 fully saturated rings. The average molecular weight is 910 g/mol. The fraction of sp³-hybridized carbons (Fsp3) is 0.134. The van der Waals surface area contributed by atoms with Crippen LogP contribution in [0.15, 0.2) is 206 Å². The lowest BCUT2D eigenvalue weighted by Gasteiger charge is -2.50.